The highest BCUT2D eigenvalue weighted by Gasteiger charge is 2.38. The summed E-state index contributed by atoms with van der Waals surface area (Å²) in [6.07, 6.45) is 4.67. The van der Waals surface area contributed by atoms with E-state index in [1.807, 2.05) is 12.3 Å². The molecule has 1 aliphatic rings. The lowest BCUT2D eigenvalue weighted by atomic mass is 10.0. The molecule has 1 saturated heterocycles. The average molecular weight is 149 g/mol. The molecule has 0 spiro atoms. The Kier molecular flexibility index (Phi) is 1.43. The molecule has 0 aliphatic carbocycles. The molecule has 1 aromatic rings. The van der Waals surface area contributed by atoms with Crippen molar-refractivity contribution in [2.75, 3.05) is 6.61 Å². The van der Waals surface area contributed by atoms with E-state index in [1.54, 1.807) is 6.20 Å². The Bertz CT molecular complexity index is 241. The Balaban J connectivity index is 2.07. The number of epoxide rings is 1. The van der Waals surface area contributed by atoms with Crippen LogP contribution in [0.1, 0.15) is 12.5 Å². The summed E-state index contributed by atoms with van der Waals surface area (Å²) in [5, 5.41) is 0. The molecule has 0 amide bonds. The maximum atomic E-state index is 5.27. The highest BCUT2D eigenvalue weighted by molar-refractivity contribution is 5.13. The van der Waals surface area contributed by atoms with E-state index in [-0.39, 0.29) is 5.60 Å². The van der Waals surface area contributed by atoms with E-state index < -0.39 is 0 Å². The Labute approximate surface area is 66.2 Å². The third kappa shape index (κ3) is 1.57. The number of pyridine rings is 1. The first kappa shape index (κ1) is 6.80. The zero-order valence-electron chi connectivity index (χ0n) is 6.58. The van der Waals surface area contributed by atoms with Crippen LogP contribution in [-0.2, 0) is 11.2 Å². The van der Waals surface area contributed by atoms with E-state index in [2.05, 4.69) is 18.0 Å². The predicted octanol–water partition coefficient (Wildman–Crippen LogP) is 1.41. The number of hydrogen-bond donors (Lipinski definition) is 0. The summed E-state index contributed by atoms with van der Waals surface area (Å²) >= 11 is 0. The van der Waals surface area contributed by atoms with Gasteiger partial charge in [0.15, 0.2) is 0 Å². The number of aromatic nitrogens is 1. The van der Waals surface area contributed by atoms with Crippen molar-refractivity contribution in [2.24, 2.45) is 0 Å². The summed E-state index contributed by atoms with van der Waals surface area (Å²) in [6, 6.07) is 4.04. The lowest BCUT2D eigenvalue weighted by Crippen LogP contribution is -2.08. The molecule has 0 radical (unpaired) electrons. The second kappa shape index (κ2) is 2.31. The average Bonchev–Trinajstić information content (AvgIpc) is 2.70. The van der Waals surface area contributed by atoms with Gasteiger partial charge in [0.25, 0.3) is 0 Å². The van der Waals surface area contributed by atoms with Crippen molar-refractivity contribution in [3.63, 3.8) is 0 Å². The van der Waals surface area contributed by atoms with Gasteiger partial charge in [0.2, 0.25) is 0 Å². The van der Waals surface area contributed by atoms with E-state index in [4.69, 9.17) is 4.74 Å². The summed E-state index contributed by atoms with van der Waals surface area (Å²) in [4.78, 5) is 4.04. The Morgan fingerprint density at radius 3 is 3.09 bits per heavy atom. The smallest absolute Gasteiger partial charge is 0.0929 e. The number of ether oxygens (including phenoxy) is 1. The summed E-state index contributed by atoms with van der Waals surface area (Å²) in [5.74, 6) is 0. The molecule has 0 bridgehead atoms. The molecular formula is C9H11NO. The van der Waals surface area contributed by atoms with Crippen LogP contribution in [0.4, 0.5) is 0 Å². The topological polar surface area (TPSA) is 25.4 Å². The van der Waals surface area contributed by atoms with Crippen LogP contribution < -0.4 is 0 Å². The van der Waals surface area contributed by atoms with E-state index in [1.165, 1.54) is 5.56 Å². The third-order valence-electron chi connectivity index (χ3n) is 1.94. The van der Waals surface area contributed by atoms with E-state index in [0.29, 0.717) is 0 Å². The molecule has 2 rings (SSSR count). The molecule has 0 saturated carbocycles. The standard InChI is InChI=1S/C9H11NO/c1-9(7-11-9)5-8-3-2-4-10-6-8/h2-4,6H,5,7H2,1H3. The quantitative estimate of drug-likeness (QED) is 0.594. The van der Waals surface area contributed by atoms with Crippen LogP contribution in [0.3, 0.4) is 0 Å². The van der Waals surface area contributed by atoms with Crippen LogP contribution in [0, 0.1) is 0 Å². The molecular weight excluding hydrogens is 138 g/mol. The summed E-state index contributed by atoms with van der Waals surface area (Å²) in [5.41, 5.74) is 1.37. The van der Waals surface area contributed by atoms with Crippen LogP contribution in [0.2, 0.25) is 0 Å². The first-order chi connectivity index (χ1) is 5.29. The van der Waals surface area contributed by atoms with Gasteiger partial charge in [-0.15, -0.1) is 0 Å². The Hall–Kier alpha value is -0.890. The van der Waals surface area contributed by atoms with Crippen LogP contribution in [0.15, 0.2) is 24.5 Å². The molecule has 1 aromatic heterocycles. The minimum absolute atomic E-state index is 0.114. The van der Waals surface area contributed by atoms with Crippen molar-refractivity contribution in [1.82, 2.24) is 4.98 Å². The molecule has 1 unspecified atom stereocenters. The minimum Gasteiger partial charge on any atom is -0.370 e. The van der Waals surface area contributed by atoms with Crippen molar-refractivity contribution in [3.05, 3.63) is 30.1 Å². The number of nitrogens with zero attached hydrogens (tertiary/aromatic N) is 1. The van der Waals surface area contributed by atoms with Gasteiger partial charge in [-0.3, -0.25) is 4.98 Å². The predicted molar refractivity (Wildman–Crippen MR) is 42.3 cm³/mol. The normalized spacial score (nSPS) is 28.5. The first-order valence-electron chi connectivity index (χ1n) is 3.81. The van der Waals surface area contributed by atoms with Crippen LogP contribution in [-0.4, -0.2) is 17.2 Å². The molecule has 2 heterocycles. The molecule has 2 nitrogen and oxygen atoms in total. The largest absolute Gasteiger partial charge is 0.370 e. The Morgan fingerprint density at radius 1 is 1.73 bits per heavy atom. The highest BCUT2D eigenvalue weighted by atomic mass is 16.6. The summed E-state index contributed by atoms with van der Waals surface area (Å²) in [6.45, 7) is 3.02. The third-order valence-corrected chi connectivity index (χ3v) is 1.94. The van der Waals surface area contributed by atoms with Crippen molar-refractivity contribution in [3.8, 4) is 0 Å². The number of hydrogen-bond acceptors (Lipinski definition) is 2. The van der Waals surface area contributed by atoms with Gasteiger partial charge in [-0.05, 0) is 18.6 Å². The van der Waals surface area contributed by atoms with Crippen molar-refractivity contribution < 1.29 is 4.74 Å². The maximum Gasteiger partial charge on any atom is 0.0929 e. The van der Waals surface area contributed by atoms with Gasteiger partial charge < -0.3 is 4.74 Å². The summed E-state index contributed by atoms with van der Waals surface area (Å²) < 4.78 is 5.27. The molecule has 2 heteroatoms. The van der Waals surface area contributed by atoms with E-state index in [0.717, 1.165) is 13.0 Å². The van der Waals surface area contributed by atoms with Crippen molar-refractivity contribution in [2.45, 2.75) is 18.9 Å². The fraction of sp³-hybridized carbons (Fsp3) is 0.444. The van der Waals surface area contributed by atoms with Crippen LogP contribution in [0.5, 0.6) is 0 Å². The Morgan fingerprint density at radius 2 is 2.55 bits per heavy atom. The maximum absolute atomic E-state index is 5.27. The highest BCUT2D eigenvalue weighted by Crippen LogP contribution is 2.29. The van der Waals surface area contributed by atoms with Crippen LogP contribution in [0.25, 0.3) is 0 Å². The second-order valence-corrected chi connectivity index (χ2v) is 3.28. The van der Waals surface area contributed by atoms with Gasteiger partial charge in [-0.2, -0.15) is 0 Å². The lowest BCUT2D eigenvalue weighted by molar-refractivity contribution is 0.322. The van der Waals surface area contributed by atoms with Gasteiger partial charge in [-0.25, -0.2) is 0 Å². The fourth-order valence-electron chi connectivity index (χ4n) is 1.16. The molecule has 1 atom stereocenters. The summed E-state index contributed by atoms with van der Waals surface area (Å²) in [7, 11) is 0. The van der Waals surface area contributed by atoms with Crippen LogP contribution >= 0.6 is 0 Å². The van der Waals surface area contributed by atoms with Crippen molar-refractivity contribution in [1.29, 1.82) is 0 Å². The molecule has 0 N–H and O–H groups in total. The number of rotatable bonds is 2. The van der Waals surface area contributed by atoms with Gasteiger partial charge >= 0.3 is 0 Å². The fourth-order valence-corrected chi connectivity index (χ4v) is 1.16. The van der Waals surface area contributed by atoms with Gasteiger partial charge in [0.05, 0.1) is 12.2 Å². The van der Waals surface area contributed by atoms with Gasteiger partial charge in [0, 0.05) is 18.8 Å². The molecule has 1 fully saturated rings. The van der Waals surface area contributed by atoms with Crippen molar-refractivity contribution >= 4 is 0 Å². The SMILES string of the molecule is CC1(Cc2cccnc2)CO1. The molecule has 0 aromatic carbocycles. The second-order valence-electron chi connectivity index (χ2n) is 3.28. The van der Waals surface area contributed by atoms with Gasteiger partial charge in [0.1, 0.15) is 0 Å². The minimum atomic E-state index is 0.114. The zero-order valence-corrected chi connectivity index (χ0v) is 6.58. The monoisotopic (exact) mass is 149 g/mol. The first-order valence-corrected chi connectivity index (χ1v) is 3.81. The lowest BCUT2D eigenvalue weighted by Gasteiger charge is -2.02. The molecule has 58 valence electrons. The van der Waals surface area contributed by atoms with E-state index >= 15 is 0 Å². The zero-order chi connectivity index (χ0) is 7.73. The van der Waals surface area contributed by atoms with Gasteiger partial charge in [-0.1, -0.05) is 6.07 Å². The van der Waals surface area contributed by atoms with E-state index in [9.17, 15) is 0 Å². The molecule has 1 aliphatic heterocycles. The molecule has 11 heavy (non-hydrogen) atoms.